The first-order valence-electron chi connectivity index (χ1n) is 7.10. The molecule has 0 radical (unpaired) electrons. The number of hydrogen-bond donors (Lipinski definition) is 0. The molecule has 1 aliphatic heterocycles. The minimum Gasteiger partial charge on any atom is -0.296 e. The Bertz CT molecular complexity index is 638. The summed E-state index contributed by atoms with van der Waals surface area (Å²) < 4.78 is 12.8. The summed E-state index contributed by atoms with van der Waals surface area (Å²) >= 11 is 1.81. The van der Waals surface area contributed by atoms with Crippen molar-refractivity contribution >= 4 is 17.1 Å². The molecule has 0 bridgehead atoms. The van der Waals surface area contributed by atoms with Crippen molar-refractivity contribution in [3.63, 3.8) is 0 Å². The molecule has 21 heavy (non-hydrogen) atoms. The van der Waals surface area contributed by atoms with E-state index >= 15 is 0 Å². The first kappa shape index (κ1) is 14.4. The predicted molar refractivity (Wildman–Crippen MR) is 81.2 cm³/mol. The molecule has 1 aliphatic rings. The van der Waals surface area contributed by atoms with Crippen molar-refractivity contribution in [2.75, 3.05) is 13.1 Å². The van der Waals surface area contributed by atoms with Crippen LogP contribution in [0.3, 0.4) is 0 Å². The van der Waals surface area contributed by atoms with Crippen LogP contribution in [0.1, 0.15) is 40.3 Å². The zero-order valence-corrected chi connectivity index (χ0v) is 12.7. The molecule has 0 aromatic carbocycles. The van der Waals surface area contributed by atoms with E-state index in [1.54, 1.807) is 0 Å². The molecule has 3 rings (SSSR count). The van der Waals surface area contributed by atoms with Gasteiger partial charge in [-0.05, 0) is 42.5 Å². The molecule has 0 spiro atoms. The van der Waals surface area contributed by atoms with Gasteiger partial charge in [0.2, 0.25) is 0 Å². The Kier molecular flexibility index (Phi) is 4.12. The topological polar surface area (TPSA) is 33.2 Å². The van der Waals surface area contributed by atoms with Crippen LogP contribution in [0.2, 0.25) is 0 Å². The molecule has 1 atom stereocenters. The number of pyridine rings is 1. The van der Waals surface area contributed by atoms with E-state index in [0.29, 0.717) is 24.7 Å². The van der Waals surface area contributed by atoms with Gasteiger partial charge >= 0.3 is 0 Å². The van der Waals surface area contributed by atoms with E-state index in [4.69, 9.17) is 0 Å². The lowest BCUT2D eigenvalue weighted by molar-refractivity contribution is 0.0945. The molecule has 0 aliphatic carbocycles. The SMILES string of the molecule is CC1c2ccsc2CCN1CCC(=O)c1ccc(F)cn1. The first-order chi connectivity index (χ1) is 10.1. The second kappa shape index (κ2) is 6.03. The Morgan fingerprint density at radius 1 is 1.48 bits per heavy atom. The minimum atomic E-state index is -0.416. The van der Waals surface area contributed by atoms with Gasteiger partial charge in [-0.15, -0.1) is 11.3 Å². The van der Waals surface area contributed by atoms with Crippen molar-refractivity contribution in [3.8, 4) is 0 Å². The van der Waals surface area contributed by atoms with Crippen LogP contribution >= 0.6 is 11.3 Å². The summed E-state index contributed by atoms with van der Waals surface area (Å²) in [6, 6.07) is 5.27. The maximum Gasteiger partial charge on any atom is 0.182 e. The van der Waals surface area contributed by atoms with Gasteiger partial charge in [0, 0.05) is 30.4 Å². The maximum absolute atomic E-state index is 12.8. The summed E-state index contributed by atoms with van der Waals surface area (Å²) in [5, 5.41) is 2.14. The van der Waals surface area contributed by atoms with Crippen LogP contribution < -0.4 is 0 Å². The molecule has 0 saturated heterocycles. The summed E-state index contributed by atoms with van der Waals surface area (Å²) in [6.07, 6.45) is 2.57. The van der Waals surface area contributed by atoms with E-state index in [0.717, 1.165) is 19.2 Å². The number of rotatable bonds is 4. The lowest BCUT2D eigenvalue weighted by Crippen LogP contribution is -2.34. The smallest absolute Gasteiger partial charge is 0.182 e. The number of fused-ring (bicyclic) bond motifs is 1. The number of thiophene rings is 1. The molecule has 110 valence electrons. The van der Waals surface area contributed by atoms with Crippen molar-refractivity contribution in [1.82, 2.24) is 9.88 Å². The van der Waals surface area contributed by atoms with E-state index < -0.39 is 5.82 Å². The van der Waals surface area contributed by atoms with Gasteiger partial charge < -0.3 is 0 Å². The Labute approximate surface area is 127 Å². The Hall–Kier alpha value is -1.59. The van der Waals surface area contributed by atoms with Gasteiger partial charge in [-0.1, -0.05) is 0 Å². The number of aromatic nitrogens is 1. The van der Waals surface area contributed by atoms with Gasteiger partial charge in [0.15, 0.2) is 5.78 Å². The van der Waals surface area contributed by atoms with Gasteiger partial charge in [-0.3, -0.25) is 14.7 Å². The summed E-state index contributed by atoms with van der Waals surface area (Å²) in [4.78, 5) is 19.7. The quantitative estimate of drug-likeness (QED) is 0.811. The highest BCUT2D eigenvalue weighted by atomic mass is 32.1. The number of carbonyl (C=O) groups excluding carboxylic acids is 1. The van der Waals surface area contributed by atoms with Crippen molar-refractivity contribution in [2.45, 2.75) is 25.8 Å². The highest BCUT2D eigenvalue weighted by Gasteiger charge is 2.24. The van der Waals surface area contributed by atoms with Gasteiger partial charge in [0.25, 0.3) is 0 Å². The fourth-order valence-corrected chi connectivity index (χ4v) is 3.74. The van der Waals surface area contributed by atoms with Gasteiger partial charge in [0.05, 0.1) is 6.20 Å². The van der Waals surface area contributed by atoms with Crippen molar-refractivity contribution in [3.05, 3.63) is 51.7 Å². The number of carbonyl (C=O) groups is 1. The standard InChI is InChI=1S/C16H17FN2OS/c1-11-13-6-9-21-16(13)5-8-19(11)7-4-15(20)14-3-2-12(17)10-18-14/h2-3,6,9-11H,4-5,7-8H2,1H3. The van der Waals surface area contributed by atoms with Crippen LogP contribution in [-0.2, 0) is 6.42 Å². The van der Waals surface area contributed by atoms with E-state index in [1.807, 2.05) is 11.3 Å². The van der Waals surface area contributed by atoms with E-state index in [1.165, 1.54) is 22.6 Å². The molecule has 1 unspecified atom stereocenters. The fraction of sp³-hybridized carbons (Fsp3) is 0.375. The lowest BCUT2D eigenvalue weighted by atomic mass is 10.0. The molecule has 2 aromatic heterocycles. The highest BCUT2D eigenvalue weighted by Crippen LogP contribution is 2.32. The first-order valence-corrected chi connectivity index (χ1v) is 7.98. The monoisotopic (exact) mass is 304 g/mol. The summed E-state index contributed by atoms with van der Waals surface area (Å²) in [5.74, 6) is -0.445. The molecule has 0 N–H and O–H groups in total. The Morgan fingerprint density at radius 3 is 3.10 bits per heavy atom. The molecule has 5 heteroatoms. The molecule has 3 nitrogen and oxygen atoms in total. The van der Waals surface area contributed by atoms with Crippen LogP contribution in [-0.4, -0.2) is 28.8 Å². The molecular weight excluding hydrogens is 287 g/mol. The second-order valence-electron chi connectivity index (χ2n) is 5.30. The van der Waals surface area contributed by atoms with Gasteiger partial charge in [-0.25, -0.2) is 4.39 Å². The number of ketones is 1. The maximum atomic E-state index is 12.8. The minimum absolute atomic E-state index is 0.0293. The van der Waals surface area contributed by atoms with Gasteiger partial charge in [-0.2, -0.15) is 0 Å². The zero-order chi connectivity index (χ0) is 14.8. The largest absolute Gasteiger partial charge is 0.296 e. The van der Waals surface area contributed by atoms with E-state index in [-0.39, 0.29) is 5.78 Å². The fourth-order valence-electron chi connectivity index (χ4n) is 2.78. The Balaban J connectivity index is 1.61. The third-order valence-electron chi connectivity index (χ3n) is 4.04. The average Bonchev–Trinajstić information content (AvgIpc) is 2.96. The van der Waals surface area contributed by atoms with Gasteiger partial charge in [0.1, 0.15) is 11.5 Å². The molecule has 2 aromatic rings. The molecule has 0 saturated carbocycles. The molecule has 3 heterocycles. The number of hydrogen-bond acceptors (Lipinski definition) is 4. The van der Waals surface area contributed by atoms with Crippen LogP contribution in [0.25, 0.3) is 0 Å². The normalized spacial score (nSPS) is 18.5. The number of Topliss-reactive ketones (excluding diaryl/α,β-unsaturated/α-hetero) is 1. The van der Waals surface area contributed by atoms with Crippen LogP contribution in [0.4, 0.5) is 4.39 Å². The number of halogens is 1. The predicted octanol–water partition coefficient (Wildman–Crippen LogP) is 3.47. The Morgan fingerprint density at radius 2 is 2.33 bits per heavy atom. The van der Waals surface area contributed by atoms with E-state index in [2.05, 4.69) is 28.3 Å². The van der Waals surface area contributed by atoms with E-state index in [9.17, 15) is 9.18 Å². The third kappa shape index (κ3) is 3.04. The summed E-state index contributed by atoms with van der Waals surface area (Å²) in [5.41, 5.74) is 1.73. The van der Waals surface area contributed by atoms with Crippen molar-refractivity contribution in [1.29, 1.82) is 0 Å². The van der Waals surface area contributed by atoms with Crippen LogP contribution in [0.15, 0.2) is 29.8 Å². The van der Waals surface area contributed by atoms with Crippen molar-refractivity contribution in [2.24, 2.45) is 0 Å². The molecule has 0 amide bonds. The van der Waals surface area contributed by atoms with Crippen LogP contribution in [0.5, 0.6) is 0 Å². The number of nitrogens with zero attached hydrogens (tertiary/aromatic N) is 2. The molecular formula is C16H17FN2OS. The average molecular weight is 304 g/mol. The second-order valence-corrected chi connectivity index (χ2v) is 6.30. The third-order valence-corrected chi connectivity index (χ3v) is 5.04. The zero-order valence-electron chi connectivity index (χ0n) is 11.9. The molecule has 0 fully saturated rings. The lowest BCUT2D eigenvalue weighted by Gasteiger charge is -2.33. The summed E-state index contributed by atoms with van der Waals surface area (Å²) in [7, 11) is 0. The summed E-state index contributed by atoms with van der Waals surface area (Å²) in [6.45, 7) is 3.89. The highest BCUT2D eigenvalue weighted by molar-refractivity contribution is 7.10. The van der Waals surface area contributed by atoms with Crippen LogP contribution in [0, 0.1) is 5.82 Å². The van der Waals surface area contributed by atoms with Crippen molar-refractivity contribution < 1.29 is 9.18 Å².